The summed E-state index contributed by atoms with van der Waals surface area (Å²) in [5.74, 6) is -0.577. The molecule has 0 bridgehead atoms. The van der Waals surface area contributed by atoms with Gasteiger partial charge in [0.15, 0.2) is 0 Å². The molecule has 0 atom stereocenters. The van der Waals surface area contributed by atoms with E-state index in [0.29, 0.717) is 0 Å². The molecule has 20 heavy (non-hydrogen) atoms. The molecular formula is C13H19NO5S. The van der Waals surface area contributed by atoms with Gasteiger partial charge < -0.3 is 9.84 Å². The predicted molar refractivity (Wildman–Crippen MR) is 73.7 cm³/mol. The number of phenolic OH excluding ortho intramolecular Hbond substituents is 1. The molecule has 1 rings (SSSR count). The first-order chi connectivity index (χ1) is 9.27. The van der Waals surface area contributed by atoms with Crippen molar-refractivity contribution in [1.29, 1.82) is 0 Å². The highest BCUT2D eigenvalue weighted by molar-refractivity contribution is 7.89. The SMILES string of the molecule is COC(=O)CN(CC(C)C)S(=O)(=O)c1ccc(O)cc1. The van der Waals surface area contributed by atoms with Crippen LogP contribution in [-0.2, 0) is 19.6 Å². The standard InChI is InChI=1S/C13H19NO5S/c1-10(2)8-14(9-13(16)19-3)20(17,18)12-6-4-11(15)5-7-12/h4-7,10,15H,8-9H2,1-3H3. The van der Waals surface area contributed by atoms with Crippen LogP contribution in [0.4, 0.5) is 0 Å². The number of carbonyl (C=O) groups is 1. The molecule has 0 aliphatic rings. The monoisotopic (exact) mass is 301 g/mol. The minimum atomic E-state index is -3.80. The van der Waals surface area contributed by atoms with Gasteiger partial charge >= 0.3 is 5.97 Å². The van der Waals surface area contributed by atoms with E-state index in [0.717, 1.165) is 4.31 Å². The largest absolute Gasteiger partial charge is 0.508 e. The summed E-state index contributed by atoms with van der Waals surface area (Å²) in [5.41, 5.74) is 0. The number of ether oxygens (including phenoxy) is 1. The van der Waals surface area contributed by atoms with Gasteiger partial charge in [-0.1, -0.05) is 13.8 Å². The van der Waals surface area contributed by atoms with Gasteiger partial charge in [-0.25, -0.2) is 8.42 Å². The average molecular weight is 301 g/mol. The minimum Gasteiger partial charge on any atom is -0.508 e. The summed E-state index contributed by atoms with van der Waals surface area (Å²) in [4.78, 5) is 11.4. The molecule has 0 aliphatic heterocycles. The number of esters is 1. The topological polar surface area (TPSA) is 83.9 Å². The predicted octanol–water partition coefficient (Wildman–Crippen LogP) is 1.21. The van der Waals surface area contributed by atoms with Crippen molar-refractivity contribution in [3.8, 4) is 5.75 Å². The molecule has 0 radical (unpaired) electrons. The van der Waals surface area contributed by atoms with E-state index in [1.807, 2.05) is 13.8 Å². The first-order valence-corrected chi connectivity index (χ1v) is 7.57. The minimum absolute atomic E-state index is 0.0210. The summed E-state index contributed by atoms with van der Waals surface area (Å²) >= 11 is 0. The number of hydrogen-bond acceptors (Lipinski definition) is 5. The highest BCUT2D eigenvalue weighted by Crippen LogP contribution is 2.19. The van der Waals surface area contributed by atoms with E-state index >= 15 is 0 Å². The molecule has 0 amide bonds. The quantitative estimate of drug-likeness (QED) is 0.798. The van der Waals surface area contributed by atoms with Crippen molar-refractivity contribution < 1.29 is 23.1 Å². The molecule has 0 unspecified atom stereocenters. The van der Waals surface area contributed by atoms with Crippen molar-refractivity contribution in [1.82, 2.24) is 4.31 Å². The van der Waals surface area contributed by atoms with Gasteiger partial charge in [-0.05, 0) is 30.2 Å². The third-order valence-corrected chi connectivity index (χ3v) is 4.40. The third kappa shape index (κ3) is 4.21. The van der Waals surface area contributed by atoms with Crippen molar-refractivity contribution in [3.05, 3.63) is 24.3 Å². The first-order valence-electron chi connectivity index (χ1n) is 6.13. The molecule has 0 heterocycles. The van der Waals surface area contributed by atoms with E-state index in [2.05, 4.69) is 4.74 Å². The summed E-state index contributed by atoms with van der Waals surface area (Å²) in [6.07, 6.45) is 0. The van der Waals surface area contributed by atoms with Gasteiger partial charge in [-0.15, -0.1) is 0 Å². The second-order valence-corrected chi connectivity index (χ2v) is 6.70. The third-order valence-electron chi connectivity index (χ3n) is 2.58. The highest BCUT2D eigenvalue weighted by Gasteiger charge is 2.27. The Morgan fingerprint density at radius 1 is 1.30 bits per heavy atom. The van der Waals surface area contributed by atoms with Gasteiger partial charge in [0, 0.05) is 6.54 Å². The van der Waals surface area contributed by atoms with Gasteiger partial charge in [0.1, 0.15) is 12.3 Å². The number of sulfonamides is 1. The van der Waals surface area contributed by atoms with Crippen LogP contribution in [0.2, 0.25) is 0 Å². The zero-order valence-electron chi connectivity index (χ0n) is 11.7. The Morgan fingerprint density at radius 2 is 1.85 bits per heavy atom. The molecule has 0 spiro atoms. The van der Waals surface area contributed by atoms with E-state index in [1.165, 1.54) is 31.4 Å². The Hall–Kier alpha value is -1.60. The maximum Gasteiger partial charge on any atom is 0.321 e. The molecule has 1 aromatic rings. The van der Waals surface area contributed by atoms with E-state index in [4.69, 9.17) is 0 Å². The number of benzene rings is 1. The molecule has 1 N–H and O–H groups in total. The lowest BCUT2D eigenvalue weighted by Gasteiger charge is -2.22. The number of carbonyl (C=O) groups excluding carboxylic acids is 1. The molecule has 6 nitrogen and oxygen atoms in total. The molecule has 0 aliphatic carbocycles. The maximum atomic E-state index is 12.5. The van der Waals surface area contributed by atoms with Gasteiger partial charge in [0.05, 0.1) is 12.0 Å². The van der Waals surface area contributed by atoms with Gasteiger partial charge in [0.25, 0.3) is 0 Å². The summed E-state index contributed by atoms with van der Waals surface area (Å²) in [5, 5.41) is 9.21. The molecule has 112 valence electrons. The van der Waals surface area contributed by atoms with Gasteiger partial charge in [0.2, 0.25) is 10.0 Å². The number of methoxy groups -OCH3 is 1. The molecule has 1 aromatic carbocycles. The number of phenols is 1. The number of aromatic hydroxyl groups is 1. The number of hydrogen-bond donors (Lipinski definition) is 1. The first kappa shape index (κ1) is 16.5. The Balaban J connectivity index is 3.09. The molecule has 0 fully saturated rings. The summed E-state index contributed by atoms with van der Waals surface area (Å²) in [6, 6.07) is 5.18. The van der Waals surface area contributed by atoms with Crippen LogP contribution >= 0.6 is 0 Å². The van der Waals surface area contributed by atoms with Crippen LogP contribution < -0.4 is 0 Å². The summed E-state index contributed by atoms with van der Waals surface area (Å²) in [7, 11) is -2.59. The normalized spacial score (nSPS) is 11.8. The van der Waals surface area contributed by atoms with Crippen LogP contribution in [0.1, 0.15) is 13.8 Å². The fourth-order valence-corrected chi connectivity index (χ4v) is 3.18. The Bertz CT molecular complexity index is 551. The number of nitrogens with zero attached hydrogens (tertiary/aromatic N) is 1. The molecule has 0 saturated carbocycles. The molecular weight excluding hydrogens is 282 g/mol. The van der Waals surface area contributed by atoms with Crippen LogP contribution in [0.5, 0.6) is 5.75 Å². The van der Waals surface area contributed by atoms with E-state index in [1.54, 1.807) is 0 Å². The summed E-state index contributed by atoms with van der Waals surface area (Å²) < 4.78 is 30.5. The van der Waals surface area contributed by atoms with Crippen molar-refractivity contribution in [2.45, 2.75) is 18.7 Å². The molecule has 0 aromatic heterocycles. The van der Waals surface area contributed by atoms with Gasteiger partial charge in [-0.3, -0.25) is 4.79 Å². The van der Waals surface area contributed by atoms with Crippen molar-refractivity contribution >= 4 is 16.0 Å². The van der Waals surface area contributed by atoms with Crippen LogP contribution in [0.3, 0.4) is 0 Å². The Labute approximate surface area is 119 Å². The lowest BCUT2D eigenvalue weighted by atomic mass is 10.2. The zero-order valence-corrected chi connectivity index (χ0v) is 12.6. The maximum absolute atomic E-state index is 12.5. The smallest absolute Gasteiger partial charge is 0.321 e. The van der Waals surface area contributed by atoms with Crippen LogP contribution in [-0.4, -0.2) is 44.0 Å². The van der Waals surface area contributed by atoms with E-state index < -0.39 is 16.0 Å². The lowest BCUT2D eigenvalue weighted by molar-refractivity contribution is -0.140. The van der Waals surface area contributed by atoms with Crippen LogP contribution in [0.25, 0.3) is 0 Å². The lowest BCUT2D eigenvalue weighted by Crippen LogP contribution is -2.38. The fourth-order valence-electron chi connectivity index (χ4n) is 1.63. The van der Waals surface area contributed by atoms with Crippen molar-refractivity contribution in [3.63, 3.8) is 0 Å². The fraction of sp³-hybridized carbons (Fsp3) is 0.462. The molecule has 0 saturated heterocycles. The summed E-state index contributed by atoms with van der Waals surface area (Å²) in [6.45, 7) is 3.59. The Morgan fingerprint density at radius 3 is 2.30 bits per heavy atom. The van der Waals surface area contributed by atoms with Gasteiger partial charge in [-0.2, -0.15) is 4.31 Å². The zero-order chi connectivity index (χ0) is 15.3. The second-order valence-electron chi connectivity index (χ2n) is 4.76. The van der Waals surface area contributed by atoms with E-state index in [9.17, 15) is 18.3 Å². The van der Waals surface area contributed by atoms with Crippen molar-refractivity contribution in [2.24, 2.45) is 5.92 Å². The number of rotatable bonds is 6. The average Bonchev–Trinajstić information content (AvgIpc) is 2.37. The van der Waals surface area contributed by atoms with Crippen LogP contribution in [0, 0.1) is 5.92 Å². The van der Waals surface area contributed by atoms with E-state index in [-0.39, 0.29) is 29.7 Å². The van der Waals surface area contributed by atoms with Crippen molar-refractivity contribution in [2.75, 3.05) is 20.2 Å². The van der Waals surface area contributed by atoms with Crippen LogP contribution in [0.15, 0.2) is 29.2 Å². The molecule has 7 heteroatoms. The Kier molecular flexibility index (Phi) is 5.52. The second kappa shape index (κ2) is 6.71. The highest BCUT2D eigenvalue weighted by atomic mass is 32.2.